The molecule has 1 aliphatic heterocycles. The average molecular weight is 402 g/mol. The predicted molar refractivity (Wildman–Crippen MR) is 106 cm³/mol. The van der Waals surface area contributed by atoms with Gasteiger partial charge in [-0.2, -0.15) is 0 Å². The van der Waals surface area contributed by atoms with Gasteiger partial charge in [0, 0.05) is 5.69 Å². The van der Waals surface area contributed by atoms with Crippen LogP contribution in [0.5, 0.6) is 11.5 Å². The van der Waals surface area contributed by atoms with Gasteiger partial charge in [0.1, 0.15) is 19.0 Å². The predicted octanol–water partition coefficient (Wildman–Crippen LogP) is 0.928. The number of quaternary nitrogens is 1. The Labute approximate surface area is 168 Å². The van der Waals surface area contributed by atoms with E-state index in [9.17, 15) is 14.0 Å². The first kappa shape index (κ1) is 20.6. The lowest BCUT2D eigenvalue weighted by Crippen LogP contribution is -3.11. The summed E-state index contributed by atoms with van der Waals surface area (Å²) in [6.07, 6.45) is 0. The van der Waals surface area contributed by atoms with E-state index in [4.69, 9.17) is 9.47 Å². The third-order valence-electron chi connectivity index (χ3n) is 4.48. The minimum atomic E-state index is -0.420. The summed E-state index contributed by atoms with van der Waals surface area (Å²) in [5, 5.41) is 5.55. The number of carbonyl (C=O) groups excluding carboxylic acids is 2. The van der Waals surface area contributed by atoms with Crippen LogP contribution in [0, 0.1) is 5.82 Å². The molecule has 0 radical (unpaired) electrons. The molecule has 1 aliphatic rings. The largest absolute Gasteiger partial charge is 0.486 e. The van der Waals surface area contributed by atoms with Gasteiger partial charge in [-0.1, -0.05) is 12.1 Å². The van der Waals surface area contributed by atoms with Gasteiger partial charge in [-0.05, 0) is 42.8 Å². The average Bonchev–Trinajstić information content (AvgIpc) is 2.67. The van der Waals surface area contributed by atoms with Crippen molar-refractivity contribution in [1.29, 1.82) is 0 Å². The van der Waals surface area contributed by atoms with Crippen molar-refractivity contribution in [2.45, 2.75) is 13.0 Å². The molecular weight excluding hydrogens is 377 g/mol. The number of hydrogen-bond acceptors (Lipinski definition) is 4. The molecule has 0 aromatic heterocycles. The molecule has 0 saturated heterocycles. The molecule has 0 bridgehead atoms. The number of amides is 2. The maximum atomic E-state index is 13.2. The fourth-order valence-electron chi connectivity index (χ4n) is 3.09. The molecule has 2 atom stereocenters. The zero-order valence-corrected chi connectivity index (χ0v) is 16.5. The van der Waals surface area contributed by atoms with E-state index in [1.807, 2.05) is 25.1 Å². The highest BCUT2D eigenvalue weighted by molar-refractivity contribution is 5.91. The Bertz CT molecular complexity index is 890. The maximum absolute atomic E-state index is 13.2. The third kappa shape index (κ3) is 5.92. The molecule has 0 spiro atoms. The van der Waals surface area contributed by atoms with Crippen LogP contribution in [0.1, 0.15) is 18.5 Å². The molecule has 0 saturated carbocycles. The Balaban J connectivity index is 1.47. The van der Waals surface area contributed by atoms with Crippen LogP contribution in [0.15, 0.2) is 42.5 Å². The van der Waals surface area contributed by atoms with Crippen molar-refractivity contribution in [3.63, 3.8) is 0 Å². The summed E-state index contributed by atoms with van der Waals surface area (Å²) in [6.45, 7) is 3.13. The second-order valence-electron chi connectivity index (χ2n) is 7.06. The van der Waals surface area contributed by atoms with E-state index in [1.165, 1.54) is 18.2 Å². The lowest BCUT2D eigenvalue weighted by atomic mass is 10.1. The number of ether oxygens (including phenoxy) is 2. The fraction of sp³-hybridized carbons (Fsp3) is 0.333. The summed E-state index contributed by atoms with van der Waals surface area (Å²) >= 11 is 0. The van der Waals surface area contributed by atoms with Crippen molar-refractivity contribution in [2.75, 3.05) is 38.7 Å². The molecule has 1 unspecified atom stereocenters. The van der Waals surface area contributed by atoms with Gasteiger partial charge < -0.3 is 25.0 Å². The van der Waals surface area contributed by atoms with Gasteiger partial charge in [-0.3, -0.25) is 9.59 Å². The molecule has 3 rings (SSSR count). The Morgan fingerprint density at radius 3 is 2.55 bits per heavy atom. The first-order valence-electron chi connectivity index (χ1n) is 9.46. The van der Waals surface area contributed by atoms with Crippen molar-refractivity contribution in [3.05, 3.63) is 53.8 Å². The van der Waals surface area contributed by atoms with Crippen LogP contribution < -0.4 is 25.0 Å². The summed E-state index contributed by atoms with van der Waals surface area (Å²) in [7, 11) is 1.75. The zero-order chi connectivity index (χ0) is 20.8. The Kier molecular flexibility index (Phi) is 6.66. The molecule has 7 nitrogen and oxygen atoms in total. The van der Waals surface area contributed by atoms with Crippen LogP contribution in [0.4, 0.5) is 10.1 Å². The maximum Gasteiger partial charge on any atom is 0.279 e. The summed E-state index contributed by atoms with van der Waals surface area (Å²) in [6, 6.07) is 11.1. The standard InChI is InChI=1S/C21H24FN3O4/c1-14(15-6-7-18-19(10-15)29-9-8-28-18)23-20(26)12-25(2)13-21(27)24-17-5-3-4-16(22)11-17/h3-7,10-11,14H,8-9,12-13H2,1-2H3,(H,23,26)(H,24,27)/p+1/t14-/m1/s1. The number of carbonyl (C=O) groups is 2. The molecule has 0 aliphatic carbocycles. The number of halogens is 1. The van der Waals surface area contributed by atoms with E-state index < -0.39 is 5.82 Å². The van der Waals surface area contributed by atoms with E-state index in [1.54, 1.807) is 13.1 Å². The SMILES string of the molecule is C[C@@H](NC(=O)C[NH+](C)CC(=O)Nc1cccc(F)c1)c1ccc2c(c1)OCCO2. The van der Waals surface area contributed by atoms with Crippen molar-refractivity contribution < 1.29 is 28.4 Å². The quantitative estimate of drug-likeness (QED) is 0.644. The summed E-state index contributed by atoms with van der Waals surface area (Å²) in [5.41, 5.74) is 1.29. The van der Waals surface area contributed by atoms with E-state index in [2.05, 4.69) is 10.6 Å². The van der Waals surface area contributed by atoms with Crippen LogP contribution in [0.25, 0.3) is 0 Å². The molecule has 154 valence electrons. The van der Waals surface area contributed by atoms with E-state index in [-0.39, 0.29) is 30.9 Å². The monoisotopic (exact) mass is 402 g/mol. The molecule has 2 amide bonds. The highest BCUT2D eigenvalue weighted by Gasteiger charge is 2.19. The van der Waals surface area contributed by atoms with Gasteiger partial charge in [0.25, 0.3) is 11.8 Å². The van der Waals surface area contributed by atoms with Crippen LogP contribution in [-0.4, -0.2) is 45.2 Å². The second-order valence-corrected chi connectivity index (χ2v) is 7.06. The summed E-state index contributed by atoms with van der Waals surface area (Å²) in [4.78, 5) is 25.1. The number of rotatable bonds is 7. The number of nitrogens with one attached hydrogen (secondary N) is 3. The van der Waals surface area contributed by atoms with Crippen molar-refractivity contribution in [1.82, 2.24) is 5.32 Å². The van der Waals surface area contributed by atoms with Gasteiger partial charge >= 0.3 is 0 Å². The highest BCUT2D eigenvalue weighted by atomic mass is 19.1. The van der Waals surface area contributed by atoms with Crippen molar-refractivity contribution >= 4 is 17.5 Å². The van der Waals surface area contributed by atoms with Crippen LogP contribution in [-0.2, 0) is 9.59 Å². The highest BCUT2D eigenvalue weighted by Crippen LogP contribution is 2.32. The minimum Gasteiger partial charge on any atom is -0.486 e. The van der Waals surface area contributed by atoms with Crippen LogP contribution in [0.2, 0.25) is 0 Å². The Morgan fingerprint density at radius 1 is 1.07 bits per heavy atom. The molecule has 2 aromatic rings. The number of anilines is 1. The molecular formula is C21H25FN3O4+. The Hall–Kier alpha value is -3.13. The lowest BCUT2D eigenvalue weighted by molar-refractivity contribution is -0.862. The fourth-order valence-corrected chi connectivity index (χ4v) is 3.09. The number of hydrogen-bond donors (Lipinski definition) is 3. The van der Waals surface area contributed by atoms with Crippen molar-refractivity contribution in [3.8, 4) is 11.5 Å². The minimum absolute atomic E-state index is 0.0857. The first-order valence-corrected chi connectivity index (χ1v) is 9.46. The molecule has 1 heterocycles. The van der Waals surface area contributed by atoms with E-state index in [0.717, 1.165) is 5.56 Å². The third-order valence-corrected chi connectivity index (χ3v) is 4.48. The number of fused-ring (bicyclic) bond motifs is 1. The molecule has 3 N–H and O–H groups in total. The molecule has 0 fully saturated rings. The lowest BCUT2D eigenvalue weighted by Gasteiger charge is -2.21. The van der Waals surface area contributed by atoms with Gasteiger partial charge in [0.2, 0.25) is 0 Å². The van der Waals surface area contributed by atoms with Crippen LogP contribution >= 0.6 is 0 Å². The van der Waals surface area contributed by atoms with Crippen LogP contribution in [0.3, 0.4) is 0 Å². The Morgan fingerprint density at radius 2 is 1.79 bits per heavy atom. The summed E-state index contributed by atoms with van der Waals surface area (Å²) < 4.78 is 24.3. The van der Waals surface area contributed by atoms with Gasteiger partial charge in [-0.15, -0.1) is 0 Å². The zero-order valence-electron chi connectivity index (χ0n) is 16.5. The summed E-state index contributed by atoms with van der Waals surface area (Å²) in [5.74, 6) is 0.485. The first-order chi connectivity index (χ1) is 13.9. The normalized spacial score (nSPS) is 14.6. The van der Waals surface area contributed by atoms with Crippen molar-refractivity contribution in [2.24, 2.45) is 0 Å². The van der Waals surface area contributed by atoms with E-state index in [0.29, 0.717) is 35.3 Å². The number of likely N-dealkylation sites (N-methyl/N-ethyl adjacent to an activating group) is 1. The number of benzene rings is 2. The topological polar surface area (TPSA) is 81.1 Å². The molecule has 2 aromatic carbocycles. The van der Waals surface area contributed by atoms with Gasteiger partial charge in [-0.25, -0.2) is 4.39 Å². The van der Waals surface area contributed by atoms with E-state index >= 15 is 0 Å². The molecule has 29 heavy (non-hydrogen) atoms. The second kappa shape index (κ2) is 9.38. The van der Waals surface area contributed by atoms with Gasteiger partial charge in [0.15, 0.2) is 24.6 Å². The van der Waals surface area contributed by atoms with Gasteiger partial charge in [0.05, 0.1) is 13.1 Å². The smallest absolute Gasteiger partial charge is 0.279 e. The molecule has 8 heteroatoms.